The lowest BCUT2D eigenvalue weighted by Crippen LogP contribution is -2.25. The number of carbonyl (C=O) groups is 3. The maximum atomic E-state index is 11.9. The minimum atomic E-state index is -0.897. The van der Waals surface area contributed by atoms with E-state index in [9.17, 15) is 14.4 Å². The lowest BCUT2D eigenvalue weighted by Gasteiger charge is -2.13. The van der Waals surface area contributed by atoms with Crippen molar-refractivity contribution in [3.05, 3.63) is 42.0 Å². The van der Waals surface area contributed by atoms with Gasteiger partial charge in [0.25, 0.3) is 0 Å². The van der Waals surface area contributed by atoms with Crippen LogP contribution in [0.15, 0.2) is 42.0 Å². The van der Waals surface area contributed by atoms with E-state index in [1.54, 1.807) is 19.1 Å². The van der Waals surface area contributed by atoms with Gasteiger partial charge >= 0.3 is 17.9 Å². The standard InChI is InChI=1S/C23H32O6/c1-5-27-22(25)19(4)23(26)28-15-14-17(2)10-9-11-18(3)16-21(24)29-20-12-7-6-8-13-20/h6-8,11-13,17,19H,5,9-10,14-16H2,1-4H3/b18-11+. The van der Waals surface area contributed by atoms with E-state index in [-0.39, 0.29) is 25.6 Å². The van der Waals surface area contributed by atoms with E-state index < -0.39 is 17.9 Å². The summed E-state index contributed by atoms with van der Waals surface area (Å²) in [7, 11) is 0. The highest BCUT2D eigenvalue weighted by Crippen LogP contribution is 2.15. The highest BCUT2D eigenvalue weighted by Gasteiger charge is 2.24. The van der Waals surface area contributed by atoms with Gasteiger partial charge in [-0.1, -0.05) is 36.8 Å². The second kappa shape index (κ2) is 13.5. The summed E-state index contributed by atoms with van der Waals surface area (Å²) in [6.07, 6.45) is 4.75. The molecule has 0 spiro atoms. The van der Waals surface area contributed by atoms with Gasteiger partial charge in [0, 0.05) is 0 Å². The molecule has 6 heteroatoms. The summed E-state index contributed by atoms with van der Waals surface area (Å²) in [6.45, 7) is 7.69. The molecule has 160 valence electrons. The molecular weight excluding hydrogens is 372 g/mol. The summed E-state index contributed by atoms with van der Waals surface area (Å²) in [5.41, 5.74) is 0.966. The summed E-state index contributed by atoms with van der Waals surface area (Å²) in [4.78, 5) is 35.2. The number of esters is 3. The van der Waals surface area contributed by atoms with Crippen LogP contribution in [-0.2, 0) is 23.9 Å². The number of benzene rings is 1. The van der Waals surface area contributed by atoms with Gasteiger partial charge in [-0.05, 0) is 58.1 Å². The highest BCUT2D eigenvalue weighted by molar-refractivity contribution is 5.94. The Bertz CT molecular complexity index is 680. The van der Waals surface area contributed by atoms with Crippen molar-refractivity contribution in [3.63, 3.8) is 0 Å². The number of carbonyl (C=O) groups excluding carboxylic acids is 3. The number of hydrogen-bond acceptors (Lipinski definition) is 6. The average molecular weight is 405 g/mol. The van der Waals surface area contributed by atoms with Crippen molar-refractivity contribution in [2.45, 2.75) is 53.4 Å². The van der Waals surface area contributed by atoms with Crippen LogP contribution in [0.4, 0.5) is 0 Å². The van der Waals surface area contributed by atoms with Crippen molar-refractivity contribution in [2.75, 3.05) is 13.2 Å². The van der Waals surface area contributed by atoms with E-state index in [1.807, 2.05) is 31.2 Å². The van der Waals surface area contributed by atoms with Gasteiger partial charge in [0.2, 0.25) is 0 Å². The van der Waals surface area contributed by atoms with Crippen LogP contribution in [0.1, 0.15) is 53.4 Å². The zero-order chi connectivity index (χ0) is 21.6. The van der Waals surface area contributed by atoms with Gasteiger partial charge < -0.3 is 14.2 Å². The Labute approximate surface area is 173 Å². The molecular formula is C23H32O6. The first-order chi connectivity index (χ1) is 13.8. The van der Waals surface area contributed by atoms with E-state index in [1.165, 1.54) is 6.92 Å². The minimum Gasteiger partial charge on any atom is -0.465 e. The molecule has 0 aliphatic rings. The molecule has 1 aromatic carbocycles. The zero-order valence-electron chi connectivity index (χ0n) is 17.8. The molecule has 6 nitrogen and oxygen atoms in total. The third-order valence-electron chi connectivity index (χ3n) is 4.40. The molecule has 0 N–H and O–H groups in total. The molecule has 0 aliphatic heterocycles. The highest BCUT2D eigenvalue weighted by atomic mass is 16.6. The third-order valence-corrected chi connectivity index (χ3v) is 4.40. The summed E-state index contributed by atoms with van der Waals surface area (Å²) >= 11 is 0. The minimum absolute atomic E-state index is 0.240. The largest absolute Gasteiger partial charge is 0.465 e. The molecule has 0 bridgehead atoms. The SMILES string of the molecule is CCOC(=O)C(C)C(=O)OCCC(C)CC/C=C(\C)CC(=O)Oc1ccccc1. The molecule has 0 saturated heterocycles. The normalized spacial score (nSPS) is 13.3. The first-order valence-corrected chi connectivity index (χ1v) is 10.1. The van der Waals surface area contributed by atoms with Crippen LogP contribution in [0.5, 0.6) is 5.75 Å². The monoisotopic (exact) mass is 404 g/mol. The Kier molecular flexibility index (Phi) is 11.4. The van der Waals surface area contributed by atoms with Crippen LogP contribution in [0.2, 0.25) is 0 Å². The molecule has 0 aromatic heterocycles. The Morgan fingerprint density at radius 1 is 1.00 bits per heavy atom. The van der Waals surface area contributed by atoms with E-state index in [0.717, 1.165) is 18.4 Å². The fraction of sp³-hybridized carbons (Fsp3) is 0.522. The fourth-order valence-electron chi connectivity index (χ4n) is 2.56. The molecule has 0 heterocycles. The molecule has 0 aliphatic carbocycles. The van der Waals surface area contributed by atoms with E-state index in [0.29, 0.717) is 18.1 Å². The number of rotatable bonds is 12. The summed E-state index contributed by atoms with van der Waals surface area (Å²) in [5.74, 6) is -1.39. The maximum absolute atomic E-state index is 11.9. The first kappa shape index (κ1) is 24.4. The molecule has 0 radical (unpaired) electrons. The van der Waals surface area contributed by atoms with Crippen LogP contribution < -0.4 is 4.74 Å². The van der Waals surface area contributed by atoms with E-state index >= 15 is 0 Å². The average Bonchev–Trinajstić information content (AvgIpc) is 2.68. The maximum Gasteiger partial charge on any atom is 0.320 e. The molecule has 1 aromatic rings. The first-order valence-electron chi connectivity index (χ1n) is 10.1. The van der Waals surface area contributed by atoms with Crippen LogP contribution in [0.25, 0.3) is 0 Å². The topological polar surface area (TPSA) is 78.9 Å². The van der Waals surface area contributed by atoms with Crippen molar-refractivity contribution in [2.24, 2.45) is 11.8 Å². The molecule has 0 fully saturated rings. The number of hydrogen-bond donors (Lipinski definition) is 0. The smallest absolute Gasteiger partial charge is 0.320 e. The lowest BCUT2D eigenvalue weighted by molar-refractivity contribution is -0.161. The van der Waals surface area contributed by atoms with Gasteiger partial charge in [-0.3, -0.25) is 14.4 Å². The van der Waals surface area contributed by atoms with Gasteiger partial charge in [0.1, 0.15) is 5.75 Å². The second-order valence-electron chi connectivity index (χ2n) is 7.13. The summed E-state index contributed by atoms with van der Waals surface area (Å²) < 4.78 is 15.2. The Hall–Kier alpha value is -2.63. The van der Waals surface area contributed by atoms with Crippen LogP contribution >= 0.6 is 0 Å². The molecule has 29 heavy (non-hydrogen) atoms. The Balaban J connectivity index is 2.23. The van der Waals surface area contributed by atoms with Crippen molar-refractivity contribution in [1.29, 1.82) is 0 Å². The Morgan fingerprint density at radius 3 is 2.31 bits per heavy atom. The molecule has 2 atom stereocenters. The summed E-state index contributed by atoms with van der Waals surface area (Å²) in [6, 6.07) is 9.01. The van der Waals surface area contributed by atoms with Gasteiger partial charge in [0.05, 0.1) is 19.6 Å². The van der Waals surface area contributed by atoms with Gasteiger partial charge in [0.15, 0.2) is 5.92 Å². The van der Waals surface area contributed by atoms with Crippen LogP contribution in [0, 0.1) is 11.8 Å². The van der Waals surface area contributed by atoms with E-state index in [4.69, 9.17) is 14.2 Å². The third kappa shape index (κ3) is 10.5. The van der Waals surface area contributed by atoms with Crippen molar-refractivity contribution < 1.29 is 28.6 Å². The molecule has 1 rings (SSSR count). The van der Waals surface area contributed by atoms with Crippen molar-refractivity contribution in [1.82, 2.24) is 0 Å². The van der Waals surface area contributed by atoms with Gasteiger partial charge in [-0.25, -0.2) is 0 Å². The summed E-state index contributed by atoms with van der Waals surface area (Å²) in [5, 5.41) is 0. The number of ether oxygens (including phenoxy) is 3. The second-order valence-corrected chi connectivity index (χ2v) is 7.13. The number of para-hydroxylation sites is 1. The molecule has 2 unspecified atom stereocenters. The van der Waals surface area contributed by atoms with Crippen LogP contribution in [-0.4, -0.2) is 31.1 Å². The molecule has 0 saturated carbocycles. The fourth-order valence-corrected chi connectivity index (χ4v) is 2.56. The van der Waals surface area contributed by atoms with Crippen molar-refractivity contribution in [3.8, 4) is 5.75 Å². The van der Waals surface area contributed by atoms with Crippen molar-refractivity contribution >= 4 is 17.9 Å². The van der Waals surface area contributed by atoms with Crippen LogP contribution in [0.3, 0.4) is 0 Å². The predicted molar refractivity (Wildman–Crippen MR) is 110 cm³/mol. The lowest BCUT2D eigenvalue weighted by atomic mass is 10.0. The van der Waals surface area contributed by atoms with Gasteiger partial charge in [-0.15, -0.1) is 0 Å². The zero-order valence-corrected chi connectivity index (χ0v) is 17.8. The predicted octanol–water partition coefficient (Wildman–Crippen LogP) is 4.48. The quantitative estimate of drug-likeness (QED) is 0.221. The van der Waals surface area contributed by atoms with Gasteiger partial charge in [-0.2, -0.15) is 0 Å². The molecule has 0 amide bonds. The number of allylic oxidation sites excluding steroid dienone is 1. The van der Waals surface area contributed by atoms with E-state index in [2.05, 4.69) is 6.92 Å². The Morgan fingerprint density at radius 2 is 1.66 bits per heavy atom.